The molecule has 0 heterocycles. The minimum absolute atomic E-state index is 0.423. The Balaban J connectivity index is 2.06. The van der Waals surface area contributed by atoms with Gasteiger partial charge in [0.15, 0.2) is 0 Å². The van der Waals surface area contributed by atoms with Gasteiger partial charge < -0.3 is 16.4 Å². The molecule has 0 radical (unpaired) electrons. The smallest absolute Gasteiger partial charge is 0.127 e. The molecule has 0 amide bonds. The molecule has 1 aromatic carbocycles. The molecule has 0 atom stereocenters. The second-order valence-electron chi connectivity index (χ2n) is 5.93. The van der Waals surface area contributed by atoms with Crippen molar-refractivity contribution in [2.45, 2.75) is 38.0 Å². The van der Waals surface area contributed by atoms with Gasteiger partial charge in [-0.3, -0.25) is 0 Å². The van der Waals surface area contributed by atoms with Crippen LogP contribution >= 0.6 is 0 Å². The summed E-state index contributed by atoms with van der Waals surface area (Å²) < 4.78 is 0. The van der Waals surface area contributed by atoms with Crippen molar-refractivity contribution in [3.63, 3.8) is 0 Å². The first-order valence-corrected chi connectivity index (χ1v) is 7.65. The van der Waals surface area contributed by atoms with Crippen molar-refractivity contribution >= 4 is 11.5 Å². The average Bonchev–Trinajstić information content (AvgIpc) is 2.48. The van der Waals surface area contributed by atoms with E-state index in [-0.39, 0.29) is 0 Å². The second kappa shape index (κ2) is 7.16. The van der Waals surface area contributed by atoms with Crippen LogP contribution in [-0.4, -0.2) is 24.8 Å². The molecule has 114 valence electrons. The quantitative estimate of drug-likeness (QED) is 0.660. The fourth-order valence-corrected chi connectivity index (χ4v) is 2.72. The molecule has 0 aromatic heterocycles. The molecule has 1 saturated carbocycles. The summed E-state index contributed by atoms with van der Waals surface area (Å²) in [7, 11) is 3.75. The summed E-state index contributed by atoms with van der Waals surface area (Å²) in [4.78, 5) is 6.18. The van der Waals surface area contributed by atoms with E-state index in [4.69, 9.17) is 11.5 Å². The van der Waals surface area contributed by atoms with Crippen LogP contribution in [-0.2, 0) is 0 Å². The standard InChI is InChI=1S/C17H26N4/c1-21(2)17(19)12-16(18)20-15-10-8-14(9-11-15)13-6-4-3-5-7-13/h8-13H,3-7,19H2,1-2H3,(H2,18,20)/b17-12+. The van der Waals surface area contributed by atoms with E-state index < -0.39 is 0 Å². The van der Waals surface area contributed by atoms with E-state index in [1.54, 1.807) is 11.0 Å². The topological polar surface area (TPSA) is 67.6 Å². The first-order chi connectivity index (χ1) is 10.1. The third kappa shape index (κ3) is 4.52. The maximum absolute atomic E-state index is 5.89. The molecule has 1 aromatic rings. The van der Waals surface area contributed by atoms with Crippen LogP contribution in [0.2, 0.25) is 0 Å². The third-order valence-electron chi connectivity index (χ3n) is 4.04. The van der Waals surface area contributed by atoms with Crippen LogP contribution in [0.3, 0.4) is 0 Å². The molecular formula is C17H26N4. The van der Waals surface area contributed by atoms with Gasteiger partial charge in [-0.1, -0.05) is 31.4 Å². The van der Waals surface area contributed by atoms with E-state index in [1.165, 1.54) is 37.7 Å². The van der Waals surface area contributed by atoms with Crippen molar-refractivity contribution in [3.8, 4) is 0 Å². The zero-order valence-corrected chi connectivity index (χ0v) is 13.0. The van der Waals surface area contributed by atoms with Gasteiger partial charge >= 0.3 is 0 Å². The molecule has 1 aliphatic rings. The molecule has 4 N–H and O–H groups in total. The molecule has 0 spiro atoms. The van der Waals surface area contributed by atoms with Crippen LogP contribution in [0.4, 0.5) is 5.69 Å². The predicted molar refractivity (Wildman–Crippen MR) is 89.5 cm³/mol. The first kappa shape index (κ1) is 15.4. The number of hydrogen-bond donors (Lipinski definition) is 2. The maximum atomic E-state index is 5.89. The Morgan fingerprint density at radius 2 is 1.71 bits per heavy atom. The molecule has 1 aliphatic carbocycles. The van der Waals surface area contributed by atoms with Crippen molar-refractivity contribution in [2.75, 3.05) is 14.1 Å². The van der Waals surface area contributed by atoms with E-state index in [0.29, 0.717) is 11.7 Å². The minimum Gasteiger partial charge on any atom is -0.385 e. The highest BCUT2D eigenvalue weighted by molar-refractivity contribution is 5.93. The van der Waals surface area contributed by atoms with Gasteiger partial charge in [0, 0.05) is 20.2 Å². The van der Waals surface area contributed by atoms with Crippen LogP contribution in [0.5, 0.6) is 0 Å². The lowest BCUT2D eigenvalue weighted by molar-refractivity contribution is 0.443. The fraction of sp³-hybridized carbons (Fsp3) is 0.471. The maximum Gasteiger partial charge on any atom is 0.127 e. The lowest BCUT2D eigenvalue weighted by atomic mass is 9.84. The third-order valence-corrected chi connectivity index (χ3v) is 4.04. The SMILES string of the molecule is CN(C)/C(N)=C/C(N)=Nc1ccc(C2CCCCC2)cc1. The molecule has 0 aliphatic heterocycles. The van der Waals surface area contributed by atoms with Crippen molar-refractivity contribution in [2.24, 2.45) is 16.5 Å². The van der Waals surface area contributed by atoms with E-state index in [1.807, 2.05) is 26.2 Å². The minimum atomic E-state index is 0.423. The van der Waals surface area contributed by atoms with Crippen LogP contribution in [0, 0.1) is 0 Å². The summed E-state index contributed by atoms with van der Waals surface area (Å²) in [5.41, 5.74) is 14.0. The first-order valence-electron chi connectivity index (χ1n) is 7.65. The summed E-state index contributed by atoms with van der Waals surface area (Å²) >= 11 is 0. The molecule has 4 heteroatoms. The molecular weight excluding hydrogens is 260 g/mol. The summed E-state index contributed by atoms with van der Waals surface area (Å²) in [6, 6.07) is 8.44. The molecule has 4 nitrogen and oxygen atoms in total. The summed E-state index contributed by atoms with van der Waals surface area (Å²) in [5.74, 6) is 1.74. The Labute approximate surface area is 127 Å². The number of aliphatic imine (C=N–C) groups is 1. The van der Waals surface area contributed by atoms with Crippen molar-refractivity contribution in [1.82, 2.24) is 4.90 Å². The van der Waals surface area contributed by atoms with Crippen LogP contribution in [0.25, 0.3) is 0 Å². The van der Waals surface area contributed by atoms with E-state index >= 15 is 0 Å². The number of hydrogen-bond acceptors (Lipinski definition) is 3. The number of nitrogens with two attached hydrogens (primary N) is 2. The molecule has 1 fully saturated rings. The number of nitrogens with zero attached hydrogens (tertiary/aromatic N) is 2. The van der Waals surface area contributed by atoms with Gasteiger partial charge in [-0.25, -0.2) is 4.99 Å². The molecule has 21 heavy (non-hydrogen) atoms. The number of benzene rings is 1. The number of amidine groups is 1. The Morgan fingerprint density at radius 1 is 1.10 bits per heavy atom. The summed E-state index contributed by atoms with van der Waals surface area (Å²) in [6.45, 7) is 0. The van der Waals surface area contributed by atoms with Gasteiger partial charge in [-0.05, 0) is 36.5 Å². The van der Waals surface area contributed by atoms with Crippen LogP contribution in [0.1, 0.15) is 43.6 Å². The number of rotatable bonds is 4. The van der Waals surface area contributed by atoms with Crippen molar-refractivity contribution < 1.29 is 0 Å². The zero-order valence-electron chi connectivity index (χ0n) is 13.0. The average molecular weight is 286 g/mol. The van der Waals surface area contributed by atoms with Gasteiger partial charge in [0.2, 0.25) is 0 Å². The Bertz CT molecular complexity index is 508. The monoisotopic (exact) mass is 286 g/mol. The van der Waals surface area contributed by atoms with Crippen LogP contribution in [0.15, 0.2) is 41.2 Å². The van der Waals surface area contributed by atoms with Gasteiger partial charge in [-0.15, -0.1) is 0 Å². The van der Waals surface area contributed by atoms with Gasteiger partial charge in [0.05, 0.1) is 5.69 Å². The van der Waals surface area contributed by atoms with Crippen molar-refractivity contribution in [3.05, 3.63) is 41.7 Å². The Morgan fingerprint density at radius 3 is 2.29 bits per heavy atom. The van der Waals surface area contributed by atoms with E-state index in [2.05, 4.69) is 17.1 Å². The van der Waals surface area contributed by atoms with Gasteiger partial charge in [0.25, 0.3) is 0 Å². The van der Waals surface area contributed by atoms with Gasteiger partial charge in [0.1, 0.15) is 11.7 Å². The normalized spacial score (nSPS) is 17.8. The Kier molecular flexibility index (Phi) is 5.26. The Hall–Kier alpha value is -1.97. The summed E-state index contributed by atoms with van der Waals surface area (Å²) in [5, 5.41) is 0. The predicted octanol–water partition coefficient (Wildman–Crippen LogP) is 3.08. The molecule has 0 bridgehead atoms. The lowest BCUT2D eigenvalue weighted by Crippen LogP contribution is -2.21. The molecule has 0 unspecified atom stereocenters. The fourth-order valence-electron chi connectivity index (χ4n) is 2.72. The van der Waals surface area contributed by atoms with E-state index in [0.717, 1.165) is 11.6 Å². The largest absolute Gasteiger partial charge is 0.385 e. The second-order valence-corrected chi connectivity index (χ2v) is 5.93. The highest BCUT2D eigenvalue weighted by Gasteiger charge is 2.14. The highest BCUT2D eigenvalue weighted by atomic mass is 15.1. The lowest BCUT2D eigenvalue weighted by Gasteiger charge is -2.21. The van der Waals surface area contributed by atoms with Crippen LogP contribution < -0.4 is 11.5 Å². The van der Waals surface area contributed by atoms with Crippen molar-refractivity contribution in [1.29, 1.82) is 0 Å². The molecule has 0 saturated heterocycles. The summed E-state index contributed by atoms with van der Waals surface area (Å²) in [6.07, 6.45) is 8.39. The van der Waals surface area contributed by atoms with Gasteiger partial charge in [-0.2, -0.15) is 0 Å². The highest BCUT2D eigenvalue weighted by Crippen LogP contribution is 2.33. The molecule has 2 rings (SSSR count). The zero-order chi connectivity index (χ0) is 15.2. The van der Waals surface area contributed by atoms with E-state index in [9.17, 15) is 0 Å².